The lowest BCUT2D eigenvalue weighted by Gasteiger charge is -2.07. The molecule has 0 saturated heterocycles. The Kier molecular flexibility index (Phi) is 3.91. The van der Waals surface area contributed by atoms with Crippen LogP contribution in [0.1, 0.15) is 15.9 Å². The Morgan fingerprint density at radius 3 is 2.93 bits per heavy atom. The molecule has 0 saturated carbocycles. The highest BCUT2D eigenvalue weighted by atomic mass is 32.1. The highest BCUT2D eigenvalue weighted by molar-refractivity contribution is 7.16. The van der Waals surface area contributed by atoms with Crippen LogP contribution >= 0.6 is 11.3 Å². The molecule has 0 aliphatic carbocycles. The maximum Gasteiger partial charge on any atom is 0.255 e. The smallest absolute Gasteiger partial charge is 0.255 e. The van der Waals surface area contributed by atoms with E-state index in [9.17, 15) is 4.79 Å². The van der Waals surface area contributed by atoms with Crippen molar-refractivity contribution in [3.05, 3.63) is 83.6 Å². The monoisotopic (exact) mass is 384 g/mol. The molecule has 0 unspecified atom stereocenters. The van der Waals surface area contributed by atoms with Gasteiger partial charge in [0, 0.05) is 29.2 Å². The maximum absolute atomic E-state index is 12.7. The summed E-state index contributed by atoms with van der Waals surface area (Å²) in [6.07, 6.45) is 3.99. The number of carbonyl (C=O) groups is 1. The quantitative estimate of drug-likeness (QED) is 0.467. The molecule has 1 N–H and O–H groups in total. The molecule has 1 amide bonds. The van der Waals surface area contributed by atoms with Gasteiger partial charge in [-0.25, -0.2) is 9.97 Å². The fourth-order valence-corrected chi connectivity index (χ4v) is 3.96. The maximum atomic E-state index is 12.7. The van der Waals surface area contributed by atoms with Crippen molar-refractivity contribution in [1.29, 1.82) is 0 Å². The zero-order chi connectivity index (χ0) is 19.1. The van der Waals surface area contributed by atoms with Crippen LogP contribution in [0.25, 0.3) is 27.1 Å². The lowest BCUT2D eigenvalue weighted by atomic mass is 10.1. The number of hydrogen-bond acceptors (Lipinski definition) is 4. The minimum absolute atomic E-state index is 0.140. The summed E-state index contributed by atoms with van der Waals surface area (Å²) < 4.78 is 3.02. The molecule has 5 aromatic rings. The molecule has 6 heteroatoms. The summed E-state index contributed by atoms with van der Waals surface area (Å²) in [5.74, 6) is -0.140. The summed E-state index contributed by atoms with van der Waals surface area (Å²) in [7, 11) is 0. The first-order chi connectivity index (χ1) is 13.7. The van der Waals surface area contributed by atoms with Gasteiger partial charge in [-0.3, -0.25) is 4.79 Å². The van der Waals surface area contributed by atoms with Gasteiger partial charge >= 0.3 is 0 Å². The molecule has 0 atom stereocenters. The largest absolute Gasteiger partial charge is 0.322 e. The van der Waals surface area contributed by atoms with Crippen LogP contribution in [0, 0.1) is 6.92 Å². The Morgan fingerprint density at radius 1 is 1.11 bits per heavy atom. The van der Waals surface area contributed by atoms with Crippen LogP contribution in [0.5, 0.6) is 0 Å². The van der Waals surface area contributed by atoms with E-state index in [-0.39, 0.29) is 5.91 Å². The van der Waals surface area contributed by atoms with E-state index in [1.807, 2.05) is 72.2 Å². The number of aryl methyl sites for hydroxylation is 1. The number of hydrogen-bond donors (Lipinski definition) is 1. The molecule has 0 aliphatic heterocycles. The van der Waals surface area contributed by atoms with Crippen LogP contribution in [-0.4, -0.2) is 20.3 Å². The minimum Gasteiger partial charge on any atom is -0.322 e. The Balaban J connectivity index is 1.44. The van der Waals surface area contributed by atoms with Crippen molar-refractivity contribution in [2.24, 2.45) is 0 Å². The molecule has 0 aliphatic rings. The summed E-state index contributed by atoms with van der Waals surface area (Å²) in [5.41, 5.74) is 7.93. The van der Waals surface area contributed by atoms with Gasteiger partial charge in [-0.15, -0.1) is 11.3 Å². The van der Waals surface area contributed by atoms with Crippen molar-refractivity contribution >= 4 is 38.8 Å². The predicted molar refractivity (Wildman–Crippen MR) is 113 cm³/mol. The topological polar surface area (TPSA) is 59.3 Å². The lowest BCUT2D eigenvalue weighted by molar-refractivity contribution is 0.102. The summed E-state index contributed by atoms with van der Waals surface area (Å²) in [4.78, 5) is 21.7. The van der Waals surface area contributed by atoms with Crippen molar-refractivity contribution in [1.82, 2.24) is 14.4 Å². The molecular weight excluding hydrogens is 368 g/mol. The minimum atomic E-state index is -0.140. The second-order valence-electron chi connectivity index (χ2n) is 6.62. The Morgan fingerprint density at radius 2 is 2.04 bits per heavy atom. The zero-order valence-corrected chi connectivity index (χ0v) is 15.9. The van der Waals surface area contributed by atoms with Gasteiger partial charge in [0.15, 0.2) is 0 Å². The van der Waals surface area contributed by atoms with Crippen molar-refractivity contribution in [2.45, 2.75) is 6.92 Å². The first kappa shape index (κ1) is 16.6. The third-order valence-corrected chi connectivity index (χ3v) is 5.48. The van der Waals surface area contributed by atoms with E-state index in [1.54, 1.807) is 11.6 Å². The van der Waals surface area contributed by atoms with Gasteiger partial charge in [0.05, 0.1) is 21.4 Å². The highest BCUT2D eigenvalue weighted by Gasteiger charge is 2.10. The van der Waals surface area contributed by atoms with Crippen LogP contribution in [-0.2, 0) is 0 Å². The van der Waals surface area contributed by atoms with Gasteiger partial charge in [0.25, 0.3) is 5.91 Å². The molecule has 3 aromatic heterocycles. The van der Waals surface area contributed by atoms with Crippen LogP contribution in [0.2, 0.25) is 0 Å². The zero-order valence-electron chi connectivity index (χ0n) is 15.1. The van der Waals surface area contributed by atoms with Crippen LogP contribution in [0.4, 0.5) is 5.69 Å². The second kappa shape index (κ2) is 6.58. The Bertz CT molecular complexity index is 1330. The normalized spacial score (nSPS) is 11.2. The van der Waals surface area contributed by atoms with E-state index < -0.39 is 0 Å². The SMILES string of the molecule is Cc1cccn2cc(-c3cccc(NC(=O)c4ccc5ncsc5c4)c3)nc12. The number of benzene rings is 2. The summed E-state index contributed by atoms with van der Waals surface area (Å²) in [6.45, 7) is 2.04. The average Bonchev–Trinajstić information content (AvgIpc) is 3.35. The van der Waals surface area contributed by atoms with Gasteiger partial charge in [-0.05, 0) is 48.9 Å². The van der Waals surface area contributed by atoms with E-state index in [4.69, 9.17) is 4.98 Å². The number of rotatable bonds is 3. The van der Waals surface area contributed by atoms with E-state index >= 15 is 0 Å². The Labute approximate surface area is 165 Å². The van der Waals surface area contributed by atoms with Crippen molar-refractivity contribution in [2.75, 3.05) is 5.32 Å². The number of nitrogens with one attached hydrogen (secondary N) is 1. The number of imidazole rings is 1. The number of pyridine rings is 1. The van der Waals surface area contributed by atoms with Crippen molar-refractivity contribution < 1.29 is 4.79 Å². The molecule has 3 heterocycles. The molecule has 2 aromatic carbocycles. The molecule has 5 rings (SSSR count). The molecule has 136 valence electrons. The number of thiazole rings is 1. The fraction of sp³-hybridized carbons (Fsp3) is 0.0455. The van der Waals surface area contributed by atoms with E-state index in [2.05, 4.69) is 10.3 Å². The van der Waals surface area contributed by atoms with E-state index in [0.717, 1.165) is 38.4 Å². The molecule has 0 fully saturated rings. The van der Waals surface area contributed by atoms with E-state index in [1.165, 1.54) is 11.3 Å². The lowest BCUT2D eigenvalue weighted by Crippen LogP contribution is -2.11. The van der Waals surface area contributed by atoms with Crippen LogP contribution in [0.15, 0.2) is 72.5 Å². The standard InChI is InChI=1S/C22H16N4OS/c1-14-4-3-9-26-12-19(25-21(14)26)15-5-2-6-17(10-15)24-22(27)16-7-8-18-20(11-16)28-13-23-18/h2-13H,1H3,(H,24,27). The Hall–Kier alpha value is -3.51. The van der Waals surface area contributed by atoms with Crippen molar-refractivity contribution in [3.63, 3.8) is 0 Å². The number of amides is 1. The fourth-order valence-electron chi connectivity index (χ4n) is 3.25. The third kappa shape index (κ3) is 2.93. The number of carbonyl (C=O) groups excluding carboxylic acids is 1. The molecular formula is C22H16N4OS. The second-order valence-corrected chi connectivity index (χ2v) is 7.50. The van der Waals surface area contributed by atoms with Crippen molar-refractivity contribution in [3.8, 4) is 11.3 Å². The highest BCUT2D eigenvalue weighted by Crippen LogP contribution is 2.24. The summed E-state index contributed by atoms with van der Waals surface area (Å²) in [5, 5.41) is 2.98. The third-order valence-electron chi connectivity index (χ3n) is 4.69. The number of anilines is 1. The summed E-state index contributed by atoms with van der Waals surface area (Å²) in [6, 6.07) is 17.3. The van der Waals surface area contributed by atoms with Gasteiger partial charge in [0.1, 0.15) is 5.65 Å². The summed E-state index contributed by atoms with van der Waals surface area (Å²) >= 11 is 1.53. The molecule has 0 radical (unpaired) electrons. The predicted octanol–water partition coefficient (Wildman–Crippen LogP) is 5.17. The van der Waals surface area contributed by atoms with Gasteiger partial charge in [-0.1, -0.05) is 18.2 Å². The van der Waals surface area contributed by atoms with Crippen LogP contribution < -0.4 is 5.32 Å². The van der Waals surface area contributed by atoms with Gasteiger partial charge < -0.3 is 9.72 Å². The molecule has 0 bridgehead atoms. The van der Waals surface area contributed by atoms with Gasteiger partial charge in [0.2, 0.25) is 0 Å². The average molecular weight is 384 g/mol. The molecule has 0 spiro atoms. The van der Waals surface area contributed by atoms with Crippen LogP contribution in [0.3, 0.4) is 0 Å². The number of aromatic nitrogens is 3. The van der Waals surface area contributed by atoms with E-state index in [0.29, 0.717) is 5.56 Å². The molecule has 28 heavy (non-hydrogen) atoms. The van der Waals surface area contributed by atoms with Gasteiger partial charge in [-0.2, -0.15) is 0 Å². The number of fused-ring (bicyclic) bond motifs is 2. The first-order valence-electron chi connectivity index (χ1n) is 8.87. The molecule has 5 nitrogen and oxygen atoms in total. The first-order valence-corrected chi connectivity index (χ1v) is 9.75. The number of nitrogens with zero attached hydrogens (tertiary/aromatic N) is 3.